The Morgan fingerprint density at radius 2 is 1.83 bits per heavy atom. The molecule has 0 saturated carbocycles. The minimum atomic E-state index is -4.38. The van der Waals surface area contributed by atoms with E-state index in [0.29, 0.717) is 5.69 Å². The highest BCUT2D eigenvalue weighted by Gasteiger charge is 2.29. The molecule has 7 heteroatoms. The van der Waals surface area contributed by atoms with Gasteiger partial charge in [0.1, 0.15) is 0 Å². The van der Waals surface area contributed by atoms with Crippen molar-refractivity contribution in [2.45, 2.75) is 6.18 Å². The third-order valence-electron chi connectivity index (χ3n) is 1.89. The molecule has 0 fully saturated rings. The lowest BCUT2D eigenvalue weighted by atomic mass is 10.2. The van der Waals surface area contributed by atoms with Gasteiger partial charge in [0.05, 0.1) is 5.56 Å². The Morgan fingerprint density at radius 3 is 2.28 bits per heavy atom. The fourth-order valence-electron chi connectivity index (χ4n) is 1.07. The second-order valence-electron chi connectivity index (χ2n) is 3.22. The Balaban J connectivity index is 2.67. The lowest BCUT2D eigenvalue weighted by Gasteiger charge is -2.10. The van der Waals surface area contributed by atoms with Crippen molar-refractivity contribution in [3.63, 3.8) is 0 Å². The molecule has 0 heterocycles. The highest BCUT2D eigenvalue weighted by Crippen LogP contribution is 2.29. The number of alkyl halides is 3. The van der Waals surface area contributed by atoms with Crippen LogP contribution in [0.25, 0.3) is 0 Å². The van der Waals surface area contributed by atoms with E-state index in [1.807, 2.05) is 0 Å². The van der Waals surface area contributed by atoms with E-state index in [2.05, 4.69) is 17.2 Å². The molecule has 0 aromatic heterocycles. The van der Waals surface area contributed by atoms with Crippen LogP contribution in [-0.2, 0) is 11.0 Å². The normalized spacial score (nSPS) is 10.6. The van der Waals surface area contributed by atoms with Crippen molar-refractivity contribution in [3.05, 3.63) is 42.5 Å². The van der Waals surface area contributed by atoms with Crippen LogP contribution in [0.5, 0.6) is 0 Å². The van der Waals surface area contributed by atoms with Gasteiger partial charge in [0.25, 0.3) is 0 Å². The van der Waals surface area contributed by atoms with Gasteiger partial charge in [-0.1, -0.05) is 6.58 Å². The topological polar surface area (TPSA) is 41.1 Å². The van der Waals surface area contributed by atoms with Crippen LogP contribution in [0, 0.1) is 0 Å². The molecule has 1 aromatic rings. The quantitative estimate of drug-likeness (QED) is 0.643. The second kappa shape index (κ2) is 5.63. The van der Waals surface area contributed by atoms with E-state index >= 15 is 0 Å². The van der Waals surface area contributed by atoms with Gasteiger partial charge in [-0.2, -0.15) is 13.2 Å². The smallest absolute Gasteiger partial charge is 0.332 e. The number of carbonyl (C=O) groups excluding carboxylic acids is 1. The summed E-state index contributed by atoms with van der Waals surface area (Å²) in [5.41, 5.74) is -0.411. The SMILES string of the molecule is C=CC(=O)NC(=S)Nc1ccc(C(F)(F)F)cc1. The van der Waals surface area contributed by atoms with Crippen LogP contribution in [0.3, 0.4) is 0 Å². The second-order valence-corrected chi connectivity index (χ2v) is 3.63. The molecular formula is C11H9F3N2OS. The van der Waals surface area contributed by atoms with Crippen molar-refractivity contribution in [2.24, 2.45) is 0 Å². The highest BCUT2D eigenvalue weighted by molar-refractivity contribution is 7.80. The van der Waals surface area contributed by atoms with Crippen molar-refractivity contribution in [3.8, 4) is 0 Å². The summed E-state index contributed by atoms with van der Waals surface area (Å²) in [5.74, 6) is -0.501. The number of anilines is 1. The third-order valence-corrected chi connectivity index (χ3v) is 2.10. The molecule has 18 heavy (non-hydrogen) atoms. The Kier molecular flexibility index (Phi) is 4.43. The first-order valence-corrected chi connectivity index (χ1v) is 5.15. The maximum absolute atomic E-state index is 12.3. The first kappa shape index (κ1) is 14.2. The molecule has 0 aliphatic heterocycles. The molecule has 0 radical (unpaired) electrons. The summed E-state index contributed by atoms with van der Waals surface area (Å²) in [6, 6.07) is 4.27. The Labute approximate surface area is 107 Å². The molecule has 1 aromatic carbocycles. The molecule has 96 valence electrons. The van der Waals surface area contributed by atoms with Crippen LogP contribution in [0.1, 0.15) is 5.56 Å². The van der Waals surface area contributed by atoms with E-state index in [0.717, 1.165) is 18.2 Å². The average Bonchev–Trinajstić information content (AvgIpc) is 2.28. The number of rotatable bonds is 2. The molecule has 2 N–H and O–H groups in total. The zero-order chi connectivity index (χ0) is 13.8. The first-order chi connectivity index (χ1) is 8.32. The molecule has 1 amide bonds. The molecule has 0 unspecified atom stereocenters. The van der Waals surface area contributed by atoms with Crippen molar-refractivity contribution in [2.75, 3.05) is 5.32 Å². The van der Waals surface area contributed by atoms with Crippen molar-refractivity contribution >= 4 is 28.9 Å². The Morgan fingerprint density at radius 1 is 1.28 bits per heavy atom. The van der Waals surface area contributed by atoms with Crippen molar-refractivity contribution in [1.82, 2.24) is 5.32 Å². The van der Waals surface area contributed by atoms with E-state index in [4.69, 9.17) is 12.2 Å². The summed E-state index contributed by atoms with van der Waals surface area (Å²) in [7, 11) is 0. The van der Waals surface area contributed by atoms with E-state index in [1.54, 1.807) is 0 Å². The number of hydrogen-bond acceptors (Lipinski definition) is 2. The highest BCUT2D eigenvalue weighted by atomic mass is 32.1. The summed E-state index contributed by atoms with van der Waals surface area (Å²) in [6.45, 7) is 3.23. The summed E-state index contributed by atoms with van der Waals surface area (Å²) < 4.78 is 36.9. The first-order valence-electron chi connectivity index (χ1n) is 4.74. The molecule has 3 nitrogen and oxygen atoms in total. The fraction of sp³-hybridized carbons (Fsp3) is 0.0909. The number of halogens is 3. The minimum Gasteiger partial charge on any atom is -0.332 e. The minimum absolute atomic E-state index is 0.0142. The van der Waals surface area contributed by atoms with Gasteiger partial charge in [0.2, 0.25) is 5.91 Å². The monoisotopic (exact) mass is 274 g/mol. The molecule has 0 spiro atoms. The van der Waals surface area contributed by atoms with Crippen LogP contribution in [0.2, 0.25) is 0 Å². The number of nitrogens with one attached hydrogen (secondary N) is 2. The van der Waals surface area contributed by atoms with Gasteiger partial charge in [0, 0.05) is 5.69 Å². The summed E-state index contributed by atoms with van der Waals surface area (Å²) >= 11 is 4.77. The van der Waals surface area contributed by atoms with E-state index in [-0.39, 0.29) is 5.11 Å². The molecule has 0 aliphatic rings. The van der Waals surface area contributed by atoms with Gasteiger partial charge in [-0.05, 0) is 42.6 Å². The van der Waals surface area contributed by atoms with Crippen molar-refractivity contribution in [1.29, 1.82) is 0 Å². The summed E-state index contributed by atoms with van der Waals surface area (Å²) in [4.78, 5) is 10.9. The standard InChI is InChI=1S/C11H9F3N2OS/c1-2-9(17)16-10(18)15-8-5-3-7(4-6-8)11(12,13)14/h2-6H,1H2,(H2,15,16,17,18). The van der Waals surface area contributed by atoms with Gasteiger partial charge in [-0.15, -0.1) is 0 Å². The maximum atomic E-state index is 12.3. The molecule has 0 atom stereocenters. The zero-order valence-corrected chi connectivity index (χ0v) is 9.86. The molecular weight excluding hydrogens is 265 g/mol. The van der Waals surface area contributed by atoms with Crippen molar-refractivity contribution < 1.29 is 18.0 Å². The molecule has 0 saturated heterocycles. The molecule has 0 aliphatic carbocycles. The predicted octanol–water partition coefficient (Wildman–Crippen LogP) is 2.70. The number of amides is 1. The van der Waals surface area contributed by atoms with Crippen LogP contribution < -0.4 is 10.6 Å². The lowest BCUT2D eigenvalue weighted by molar-refractivity contribution is -0.137. The van der Waals surface area contributed by atoms with Gasteiger partial charge < -0.3 is 5.32 Å². The number of hydrogen-bond donors (Lipinski definition) is 2. The largest absolute Gasteiger partial charge is 0.416 e. The van der Waals surface area contributed by atoms with E-state index < -0.39 is 17.6 Å². The van der Waals surface area contributed by atoms with Gasteiger partial charge in [-0.3, -0.25) is 10.1 Å². The average molecular weight is 274 g/mol. The van der Waals surface area contributed by atoms with E-state index in [9.17, 15) is 18.0 Å². The van der Waals surface area contributed by atoms with Crippen LogP contribution in [0.4, 0.5) is 18.9 Å². The number of benzene rings is 1. The lowest BCUT2D eigenvalue weighted by Crippen LogP contribution is -2.32. The van der Waals surface area contributed by atoms with Gasteiger partial charge >= 0.3 is 6.18 Å². The van der Waals surface area contributed by atoms with Gasteiger partial charge in [0.15, 0.2) is 5.11 Å². The van der Waals surface area contributed by atoms with Gasteiger partial charge in [-0.25, -0.2) is 0 Å². The number of carbonyl (C=O) groups is 1. The Bertz CT molecular complexity index is 468. The number of thiocarbonyl (C=S) groups is 1. The van der Waals surface area contributed by atoms with E-state index in [1.165, 1.54) is 12.1 Å². The van der Waals surface area contributed by atoms with Crippen LogP contribution >= 0.6 is 12.2 Å². The predicted molar refractivity (Wildman–Crippen MR) is 66.0 cm³/mol. The van der Waals surface area contributed by atoms with Crippen LogP contribution in [-0.4, -0.2) is 11.0 Å². The summed E-state index contributed by atoms with van der Waals surface area (Å²) in [5, 5.41) is 4.82. The molecule has 1 rings (SSSR count). The zero-order valence-electron chi connectivity index (χ0n) is 9.04. The summed E-state index contributed by atoms with van der Waals surface area (Å²) in [6.07, 6.45) is -3.35. The van der Waals surface area contributed by atoms with Crippen LogP contribution in [0.15, 0.2) is 36.9 Å². The fourth-order valence-corrected chi connectivity index (χ4v) is 1.29. The molecule has 0 bridgehead atoms. The maximum Gasteiger partial charge on any atom is 0.416 e. The Hall–Kier alpha value is -1.89. The third kappa shape index (κ3) is 4.17.